The molecule has 0 saturated carbocycles. The highest BCUT2D eigenvalue weighted by Gasteiger charge is 2.08. The van der Waals surface area contributed by atoms with Gasteiger partial charge in [-0.3, -0.25) is 9.78 Å². The number of halogens is 1. The molecule has 4 nitrogen and oxygen atoms in total. The number of nitrogens with zero attached hydrogens (tertiary/aromatic N) is 1. The monoisotopic (exact) mass is 379 g/mol. The molecule has 138 valence electrons. The van der Waals surface area contributed by atoms with E-state index < -0.39 is 0 Å². The predicted octanol–water partition coefficient (Wildman–Crippen LogP) is 5.26. The highest BCUT2D eigenvalue weighted by Crippen LogP contribution is 2.16. The Morgan fingerprint density at radius 1 is 1.00 bits per heavy atom. The minimum Gasteiger partial charge on any atom is -0.383 e. The summed E-state index contributed by atoms with van der Waals surface area (Å²) in [6, 6.07) is 15.5. The summed E-state index contributed by atoms with van der Waals surface area (Å²) in [5.74, 6) is -0.177. The van der Waals surface area contributed by atoms with E-state index in [2.05, 4.69) is 15.6 Å². The second-order valence-corrected chi connectivity index (χ2v) is 6.96. The lowest BCUT2D eigenvalue weighted by Gasteiger charge is -2.10. The van der Waals surface area contributed by atoms with Gasteiger partial charge in [-0.1, -0.05) is 29.8 Å². The lowest BCUT2D eigenvalue weighted by atomic mass is 10.1. The third-order valence-corrected chi connectivity index (χ3v) is 4.63. The van der Waals surface area contributed by atoms with Crippen LogP contribution in [0.25, 0.3) is 0 Å². The van der Waals surface area contributed by atoms with E-state index in [0.29, 0.717) is 5.56 Å². The van der Waals surface area contributed by atoms with Gasteiger partial charge in [-0.2, -0.15) is 0 Å². The first-order valence-corrected chi connectivity index (χ1v) is 9.21. The van der Waals surface area contributed by atoms with Crippen LogP contribution in [0.2, 0.25) is 5.02 Å². The topological polar surface area (TPSA) is 54.0 Å². The average Bonchev–Trinajstić information content (AvgIpc) is 2.65. The van der Waals surface area contributed by atoms with E-state index in [1.807, 2.05) is 56.3 Å². The van der Waals surface area contributed by atoms with Gasteiger partial charge in [0.05, 0.1) is 11.3 Å². The summed E-state index contributed by atoms with van der Waals surface area (Å²) < 4.78 is 0. The van der Waals surface area contributed by atoms with E-state index in [0.717, 1.165) is 40.5 Å². The van der Waals surface area contributed by atoms with Crippen LogP contribution in [-0.2, 0) is 6.42 Å². The fraction of sp³-hybridized carbons (Fsp3) is 0.182. The van der Waals surface area contributed by atoms with Gasteiger partial charge in [0.25, 0.3) is 5.91 Å². The van der Waals surface area contributed by atoms with Crippen LogP contribution in [-0.4, -0.2) is 17.4 Å². The Hall–Kier alpha value is -2.85. The molecular formula is C22H22ClN3O. The number of benzene rings is 2. The summed E-state index contributed by atoms with van der Waals surface area (Å²) in [6.07, 6.45) is 4.11. The zero-order valence-corrected chi connectivity index (χ0v) is 16.2. The Morgan fingerprint density at radius 2 is 1.85 bits per heavy atom. The summed E-state index contributed by atoms with van der Waals surface area (Å²) in [6.45, 7) is 4.80. The molecule has 0 bridgehead atoms. The average molecular weight is 380 g/mol. The second kappa shape index (κ2) is 8.69. The molecule has 2 aromatic carbocycles. The van der Waals surface area contributed by atoms with Crippen molar-refractivity contribution in [1.29, 1.82) is 0 Å². The zero-order chi connectivity index (χ0) is 19.2. The Bertz CT molecular complexity index is 956. The van der Waals surface area contributed by atoms with Crippen LogP contribution in [0.4, 0.5) is 11.4 Å². The summed E-state index contributed by atoms with van der Waals surface area (Å²) in [5, 5.41) is 6.96. The maximum absolute atomic E-state index is 12.5. The quantitative estimate of drug-likeness (QED) is 0.614. The summed E-state index contributed by atoms with van der Waals surface area (Å²) >= 11 is 6.01. The number of hydrogen-bond donors (Lipinski definition) is 2. The summed E-state index contributed by atoms with van der Waals surface area (Å²) in [4.78, 5) is 16.7. The van der Waals surface area contributed by atoms with Crippen molar-refractivity contribution >= 4 is 28.9 Å². The number of amides is 1. The van der Waals surface area contributed by atoms with Gasteiger partial charge in [0.15, 0.2) is 0 Å². The van der Waals surface area contributed by atoms with Crippen molar-refractivity contribution in [1.82, 2.24) is 4.98 Å². The molecule has 0 unspecified atom stereocenters. The molecule has 3 rings (SSSR count). The third-order valence-electron chi connectivity index (χ3n) is 4.40. The van der Waals surface area contributed by atoms with Gasteiger partial charge in [-0.15, -0.1) is 0 Å². The standard InChI is InChI=1S/C22H22ClN3O/c1-15-6-7-20(10-16(15)2)26-22(27)18-12-21(14-24-13-18)25-9-8-17-4-3-5-19(23)11-17/h3-7,10-14,25H,8-9H2,1-2H3,(H,26,27). The van der Waals surface area contributed by atoms with Crippen LogP contribution in [0.3, 0.4) is 0 Å². The molecule has 0 atom stereocenters. The number of aromatic nitrogens is 1. The van der Waals surface area contributed by atoms with E-state index in [4.69, 9.17) is 11.6 Å². The first-order valence-electron chi connectivity index (χ1n) is 8.83. The van der Waals surface area contributed by atoms with Crippen molar-refractivity contribution in [2.24, 2.45) is 0 Å². The fourth-order valence-electron chi connectivity index (χ4n) is 2.73. The number of aryl methyl sites for hydroxylation is 2. The molecule has 2 N–H and O–H groups in total. The van der Waals surface area contributed by atoms with Gasteiger partial charge in [0.1, 0.15) is 0 Å². The molecular weight excluding hydrogens is 358 g/mol. The number of hydrogen-bond acceptors (Lipinski definition) is 3. The maximum Gasteiger partial charge on any atom is 0.257 e. The van der Waals surface area contributed by atoms with Crippen LogP contribution < -0.4 is 10.6 Å². The fourth-order valence-corrected chi connectivity index (χ4v) is 2.94. The van der Waals surface area contributed by atoms with Crippen molar-refractivity contribution in [2.45, 2.75) is 20.3 Å². The van der Waals surface area contributed by atoms with E-state index in [9.17, 15) is 4.79 Å². The largest absolute Gasteiger partial charge is 0.383 e. The Kier molecular flexibility index (Phi) is 6.09. The first kappa shape index (κ1) is 18.9. The number of carbonyl (C=O) groups excluding carboxylic acids is 1. The molecule has 1 amide bonds. The van der Waals surface area contributed by atoms with Gasteiger partial charge in [0.2, 0.25) is 0 Å². The highest BCUT2D eigenvalue weighted by atomic mass is 35.5. The van der Waals surface area contributed by atoms with Gasteiger partial charge in [-0.05, 0) is 67.3 Å². The molecule has 0 fully saturated rings. The van der Waals surface area contributed by atoms with Gasteiger partial charge < -0.3 is 10.6 Å². The SMILES string of the molecule is Cc1ccc(NC(=O)c2cncc(NCCc3cccc(Cl)c3)c2)cc1C. The Balaban J connectivity index is 1.60. The highest BCUT2D eigenvalue weighted by molar-refractivity contribution is 6.30. The lowest BCUT2D eigenvalue weighted by molar-refractivity contribution is 0.102. The molecule has 3 aromatic rings. The van der Waals surface area contributed by atoms with Crippen LogP contribution in [0.5, 0.6) is 0 Å². The van der Waals surface area contributed by atoms with Crippen molar-refractivity contribution in [3.05, 3.63) is 88.2 Å². The molecule has 0 spiro atoms. The van der Waals surface area contributed by atoms with Gasteiger partial charge >= 0.3 is 0 Å². The number of pyridine rings is 1. The van der Waals surface area contributed by atoms with Crippen molar-refractivity contribution in [3.8, 4) is 0 Å². The normalized spacial score (nSPS) is 10.5. The number of carbonyl (C=O) groups is 1. The molecule has 0 saturated heterocycles. The summed E-state index contributed by atoms with van der Waals surface area (Å²) in [5.41, 5.74) is 5.60. The minimum atomic E-state index is -0.177. The minimum absolute atomic E-state index is 0.177. The van der Waals surface area contributed by atoms with Crippen LogP contribution in [0.1, 0.15) is 27.0 Å². The maximum atomic E-state index is 12.5. The van der Waals surface area contributed by atoms with E-state index in [-0.39, 0.29) is 5.91 Å². The van der Waals surface area contributed by atoms with Crippen molar-refractivity contribution in [2.75, 3.05) is 17.2 Å². The zero-order valence-electron chi connectivity index (χ0n) is 15.4. The first-order chi connectivity index (χ1) is 13.0. The smallest absolute Gasteiger partial charge is 0.257 e. The number of nitrogens with one attached hydrogen (secondary N) is 2. The van der Waals surface area contributed by atoms with E-state index in [1.54, 1.807) is 18.5 Å². The molecule has 1 aromatic heterocycles. The lowest BCUT2D eigenvalue weighted by Crippen LogP contribution is -2.13. The van der Waals surface area contributed by atoms with Gasteiger partial charge in [0, 0.05) is 29.6 Å². The summed E-state index contributed by atoms with van der Waals surface area (Å²) in [7, 11) is 0. The molecule has 1 heterocycles. The van der Waals surface area contributed by atoms with Crippen LogP contribution in [0.15, 0.2) is 60.9 Å². The number of rotatable bonds is 6. The molecule has 0 aliphatic rings. The van der Waals surface area contributed by atoms with E-state index in [1.165, 1.54) is 5.56 Å². The van der Waals surface area contributed by atoms with Crippen molar-refractivity contribution < 1.29 is 4.79 Å². The molecule has 0 aliphatic carbocycles. The number of anilines is 2. The van der Waals surface area contributed by atoms with Gasteiger partial charge in [-0.25, -0.2) is 0 Å². The third kappa shape index (κ3) is 5.31. The second-order valence-electron chi connectivity index (χ2n) is 6.52. The molecule has 5 heteroatoms. The van der Waals surface area contributed by atoms with E-state index >= 15 is 0 Å². The molecule has 0 aliphatic heterocycles. The van der Waals surface area contributed by atoms with Crippen molar-refractivity contribution in [3.63, 3.8) is 0 Å². The van der Waals surface area contributed by atoms with Crippen LogP contribution >= 0.6 is 11.6 Å². The Labute approximate surface area is 164 Å². The van der Waals surface area contributed by atoms with Crippen LogP contribution in [0, 0.1) is 13.8 Å². The molecule has 27 heavy (non-hydrogen) atoms. The predicted molar refractivity (Wildman–Crippen MR) is 112 cm³/mol. The Morgan fingerprint density at radius 3 is 2.63 bits per heavy atom. The molecule has 0 radical (unpaired) electrons.